The lowest BCUT2D eigenvalue weighted by Gasteiger charge is -2.27. The number of aromatic nitrogens is 3. The minimum absolute atomic E-state index is 0.254. The Morgan fingerprint density at radius 2 is 1.34 bits per heavy atom. The highest BCUT2D eigenvalue weighted by Crippen LogP contribution is 2.41. The zero-order chi connectivity index (χ0) is 22.6. The Kier molecular flexibility index (Phi) is 6.48. The number of benzene rings is 1. The first-order chi connectivity index (χ1) is 15.4. The summed E-state index contributed by atoms with van der Waals surface area (Å²) in [6.07, 6.45) is 4.60. The quantitative estimate of drug-likeness (QED) is 0.422. The number of anilines is 1. The van der Waals surface area contributed by atoms with Crippen LogP contribution in [0.5, 0.6) is 0 Å². The molecule has 0 radical (unpaired) electrons. The summed E-state index contributed by atoms with van der Waals surface area (Å²) in [6, 6.07) is 24.4. The first kappa shape index (κ1) is 21.9. The lowest BCUT2D eigenvalue weighted by atomic mass is 9.79. The molecule has 0 aliphatic heterocycles. The van der Waals surface area contributed by atoms with Gasteiger partial charge in [-0.2, -0.15) is 0 Å². The van der Waals surface area contributed by atoms with Gasteiger partial charge in [0.25, 0.3) is 0 Å². The molecule has 32 heavy (non-hydrogen) atoms. The number of nitrogens with zero attached hydrogens (tertiary/aromatic N) is 3. The Bertz CT molecular complexity index is 1250. The third kappa shape index (κ3) is 5.30. The molecule has 0 saturated heterocycles. The van der Waals surface area contributed by atoms with Crippen LogP contribution < -0.4 is 4.72 Å². The highest BCUT2D eigenvalue weighted by atomic mass is 35.5. The molecule has 6 nitrogen and oxygen atoms in total. The fourth-order valence-corrected chi connectivity index (χ4v) is 4.31. The van der Waals surface area contributed by atoms with Crippen molar-refractivity contribution in [2.75, 3.05) is 11.0 Å². The van der Waals surface area contributed by atoms with Crippen molar-refractivity contribution in [1.29, 1.82) is 0 Å². The van der Waals surface area contributed by atoms with E-state index < -0.39 is 10.0 Å². The van der Waals surface area contributed by atoms with Gasteiger partial charge in [0.15, 0.2) is 0 Å². The van der Waals surface area contributed by atoms with E-state index in [-0.39, 0.29) is 17.7 Å². The van der Waals surface area contributed by atoms with Crippen molar-refractivity contribution in [2.24, 2.45) is 0 Å². The fraction of sp³-hybridized carbons (Fsp3) is 0.125. The van der Waals surface area contributed by atoms with Crippen LogP contribution in [0.25, 0.3) is 0 Å². The Balaban J connectivity index is 1.92. The maximum atomic E-state index is 11.8. The minimum Gasteiger partial charge on any atom is -0.268 e. The van der Waals surface area contributed by atoms with Crippen molar-refractivity contribution < 1.29 is 8.42 Å². The third-order valence-electron chi connectivity index (χ3n) is 4.95. The molecule has 0 fully saturated rings. The number of pyridine rings is 3. The maximum Gasteiger partial charge on any atom is 0.230 e. The standard InChI is InChI=1S/C24H21ClN4O2S/c1-32(30,31)29-22-10-6-9-21(28-22)23(17-11-13-18(25)14-12-17)24(19-7-2-4-15-26-19)20-8-3-5-16-27-20/h2-16,23-24H,1H3,(H,28,29). The summed E-state index contributed by atoms with van der Waals surface area (Å²) in [5, 5.41) is 0.625. The molecule has 1 unspecified atom stereocenters. The Morgan fingerprint density at radius 1 is 0.750 bits per heavy atom. The van der Waals surface area contributed by atoms with Gasteiger partial charge in [-0.3, -0.25) is 14.7 Å². The molecule has 0 aliphatic carbocycles. The van der Waals surface area contributed by atoms with Crippen LogP contribution in [0.2, 0.25) is 5.02 Å². The second-order valence-electron chi connectivity index (χ2n) is 7.34. The molecule has 0 aliphatic rings. The number of hydrogen-bond donors (Lipinski definition) is 1. The van der Waals surface area contributed by atoms with Gasteiger partial charge in [-0.25, -0.2) is 13.4 Å². The number of nitrogens with one attached hydrogen (secondary N) is 1. The Hall–Kier alpha value is -3.29. The van der Waals surface area contributed by atoms with Crippen LogP contribution in [0.15, 0.2) is 91.3 Å². The monoisotopic (exact) mass is 464 g/mol. The van der Waals surface area contributed by atoms with Gasteiger partial charge in [0.1, 0.15) is 5.82 Å². The summed E-state index contributed by atoms with van der Waals surface area (Å²) in [4.78, 5) is 13.9. The molecule has 1 aromatic carbocycles. The largest absolute Gasteiger partial charge is 0.268 e. The molecule has 1 N–H and O–H groups in total. The van der Waals surface area contributed by atoms with Crippen molar-refractivity contribution in [3.8, 4) is 0 Å². The molecule has 0 saturated carbocycles. The first-order valence-corrected chi connectivity index (χ1v) is 12.2. The van der Waals surface area contributed by atoms with E-state index in [1.807, 2.05) is 66.7 Å². The van der Waals surface area contributed by atoms with Crippen molar-refractivity contribution in [2.45, 2.75) is 11.8 Å². The molecule has 4 rings (SSSR count). The molecule has 8 heteroatoms. The number of halogens is 1. The van der Waals surface area contributed by atoms with Crippen molar-refractivity contribution >= 4 is 27.4 Å². The molecule has 3 heterocycles. The predicted octanol–water partition coefficient (Wildman–Crippen LogP) is 4.86. The zero-order valence-corrected chi connectivity index (χ0v) is 18.8. The van der Waals surface area contributed by atoms with E-state index in [9.17, 15) is 8.42 Å². The Morgan fingerprint density at radius 3 is 1.88 bits per heavy atom. The smallest absolute Gasteiger partial charge is 0.230 e. The van der Waals surface area contributed by atoms with Gasteiger partial charge in [-0.05, 0) is 54.1 Å². The van der Waals surface area contributed by atoms with Gasteiger partial charge in [0.2, 0.25) is 10.0 Å². The predicted molar refractivity (Wildman–Crippen MR) is 126 cm³/mol. The van der Waals surface area contributed by atoms with Crippen LogP contribution in [0.3, 0.4) is 0 Å². The van der Waals surface area contributed by atoms with Crippen molar-refractivity contribution in [3.63, 3.8) is 0 Å². The van der Waals surface area contributed by atoms with Crippen LogP contribution in [-0.4, -0.2) is 29.6 Å². The first-order valence-electron chi connectivity index (χ1n) is 9.93. The van der Waals surface area contributed by atoms with Crippen LogP contribution in [-0.2, 0) is 10.0 Å². The second-order valence-corrected chi connectivity index (χ2v) is 9.52. The molecule has 0 spiro atoms. The molecule has 1 atom stereocenters. The van der Waals surface area contributed by atoms with E-state index >= 15 is 0 Å². The number of rotatable bonds is 7. The third-order valence-corrected chi connectivity index (χ3v) is 5.79. The lowest BCUT2D eigenvalue weighted by Crippen LogP contribution is -2.19. The minimum atomic E-state index is -3.47. The van der Waals surface area contributed by atoms with E-state index in [1.165, 1.54) is 0 Å². The van der Waals surface area contributed by atoms with E-state index in [0.717, 1.165) is 23.2 Å². The molecular weight excluding hydrogens is 444 g/mol. The summed E-state index contributed by atoms with van der Waals surface area (Å²) < 4.78 is 26.0. The average molecular weight is 465 g/mol. The molecule has 4 aromatic rings. The highest BCUT2D eigenvalue weighted by molar-refractivity contribution is 7.92. The topological polar surface area (TPSA) is 84.8 Å². The number of hydrogen-bond acceptors (Lipinski definition) is 5. The fourth-order valence-electron chi connectivity index (χ4n) is 3.69. The SMILES string of the molecule is CS(=O)(=O)Nc1cccc(C(c2ccc(Cl)cc2)C(c2ccccn2)c2ccccn2)n1. The van der Waals surface area contributed by atoms with Gasteiger partial charge < -0.3 is 0 Å². The van der Waals surface area contributed by atoms with Crippen LogP contribution in [0.4, 0.5) is 5.82 Å². The lowest BCUT2D eigenvalue weighted by molar-refractivity contribution is 0.606. The molecule has 0 bridgehead atoms. The van der Waals surface area contributed by atoms with E-state index in [1.54, 1.807) is 24.5 Å². The molecular formula is C24H21ClN4O2S. The molecule has 3 aromatic heterocycles. The average Bonchev–Trinajstić information content (AvgIpc) is 2.78. The van der Waals surface area contributed by atoms with Gasteiger partial charge in [-0.15, -0.1) is 0 Å². The van der Waals surface area contributed by atoms with E-state index in [0.29, 0.717) is 10.7 Å². The van der Waals surface area contributed by atoms with Gasteiger partial charge >= 0.3 is 0 Å². The summed E-state index contributed by atoms with van der Waals surface area (Å²) in [5.74, 6) is -0.303. The van der Waals surface area contributed by atoms with Gasteiger partial charge in [-0.1, -0.05) is 41.9 Å². The van der Waals surface area contributed by atoms with Gasteiger partial charge in [0, 0.05) is 23.3 Å². The van der Waals surface area contributed by atoms with Crippen LogP contribution in [0, 0.1) is 0 Å². The summed E-state index contributed by atoms with van der Waals surface area (Å²) in [5.41, 5.74) is 3.30. The summed E-state index contributed by atoms with van der Waals surface area (Å²) in [6.45, 7) is 0. The van der Waals surface area contributed by atoms with Crippen molar-refractivity contribution in [3.05, 3.63) is 119 Å². The van der Waals surface area contributed by atoms with E-state index in [4.69, 9.17) is 11.6 Å². The van der Waals surface area contributed by atoms with Crippen LogP contribution in [0.1, 0.15) is 34.5 Å². The Labute approximate surface area is 192 Å². The summed E-state index contributed by atoms with van der Waals surface area (Å²) >= 11 is 6.16. The van der Waals surface area contributed by atoms with Crippen LogP contribution >= 0.6 is 11.6 Å². The molecule has 162 valence electrons. The second kappa shape index (κ2) is 9.46. The maximum absolute atomic E-state index is 11.8. The summed E-state index contributed by atoms with van der Waals surface area (Å²) in [7, 11) is -3.47. The highest BCUT2D eigenvalue weighted by Gasteiger charge is 2.31. The van der Waals surface area contributed by atoms with Gasteiger partial charge in [0.05, 0.1) is 29.3 Å². The normalized spacial score (nSPS) is 12.5. The van der Waals surface area contributed by atoms with Crippen molar-refractivity contribution in [1.82, 2.24) is 15.0 Å². The molecule has 0 amide bonds. The number of sulfonamides is 1. The zero-order valence-electron chi connectivity index (χ0n) is 17.3. The van der Waals surface area contributed by atoms with E-state index in [2.05, 4.69) is 19.7 Å².